The molecular weight excluding hydrogens is 414 g/mol. The molecule has 1 atom stereocenters. The number of hydrogen-bond donors (Lipinski definition) is 1. The lowest BCUT2D eigenvalue weighted by Crippen LogP contribution is -2.46. The highest BCUT2D eigenvalue weighted by Gasteiger charge is 2.29. The van der Waals surface area contributed by atoms with Gasteiger partial charge in [0.2, 0.25) is 15.9 Å². The maximum absolute atomic E-state index is 13.0. The second-order valence-electron chi connectivity index (χ2n) is 7.81. The van der Waals surface area contributed by atoms with E-state index in [1.807, 2.05) is 55.1 Å². The molecule has 1 aliphatic heterocycles. The third-order valence-electron chi connectivity index (χ3n) is 5.72. The third-order valence-corrected chi connectivity index (χ3v) is 7.63. The fraction of sp³-hybridized carbons (Fsp3) is 0.435. The van der Waals surface area contributed by atoms with Crippen molar-refractivity contribution >= 4 is 15.9 Å². The standard InChI is InChI=1S/C23H31N3O4S/c1-18-9-11-21(12-10-18)31(28,29)26-14-6-13-25(15-16-26)19(2)23(27)24-17-20-7-4-5-8-22(20)30-3/h4-5,7-12,19H,6,13-17H2,1-3H3,(H,24,27)/t19-/m0/s1. The smallest absolute Gasteiger partial charge is 0.243 e. The number of aryl methyl sites for hydroxylation is 1. The third kappa shape index (κ3) is 5.64. The Kier molecular flexibility index (Phi) is 7.69. The van der Waals surface area contributed by atoms with Gasteiger partial charge in [-0.3, -0.25) is 9.69 Å². The van der Waals surface area contributed by atoms with E-state index in [1.165, 1.54) is 4.31 Å². The van der Waals surface area contributed by atoms with Crippen LogP contribution in [0.3, 0.4) is 0 Å². The molecule has 8 heteroatoms. The molecule has 2 aromatic rings. The summed E-state index contributed by atoms with van der Waals surface area (Å²) in [5.74, 6) is 0.655. The second kappa shape index (κ2) is 10.3. The van der Waals surface area contributed by atoms with Crippen LogP contribution in [-0.4, -0.2) is 62.9 Å². The molecule has 0 aromatic heterocycles. The zero-order chi connectivity index (χ0) is 22.4. The first-order valence-electron chi connectivity index (χ1n) is 10.5. The Morgan fingerprint density at radius 1 is 1.06 bits per heavy atom. The number of benzene rings is 2. The van der Waals surface area contributed by atoms with Crippen molar-refractivity contribution in [1.29, 1.82) is 0 Å². The van der Waals surface area contributed by atoms with Crippen LogP contribution in [0.1, 0.15) is 24.5 Å². The normalized spacial score (nSPS) is 17.0. The first kappa shape index (κ1) is 23.2. The summed E-state index contributed by atoms with van der Waals surface area (Å²) in [5.41, 5.74) is 1.94. The van der Waals surface area contributed by atoms with Crippen LogP contribution in [0, 0.1) is 6.92 Å². The van der Waals surface area contributed by atoms with Crippen LogP contribution in [0.15, 0.2) is 53.4 Å². The van der Waals surface area contributed by atoms with Gasteiger partial charge in [-0.15, -0.1) is 0 Å². The molecule has 1 fully saturated rings. The lowest BCUT2D eigenvalue weighted by molar-refractivity contribution is -0.126. The molecule has 3 rings (SSSR count). The maximum atomic E-state index is 13.0. The molecule has 1 saturated heterocycles. The molecule has 0 aliphatic carbocycles. The summed E-state index contributed by atoms with van der Waals surface area (Å²) in [4.78, 5) is 15.1. The van der Waals surface area contributed by atoms with Crippen molar-refractivity contribution in [3.05, 3.63) is 59.7 Å². The van der Waals surface area contributed by atoms with E-state index in [1.54, 1.807) is 19.2 Å². The van der Waals surface area contributed by atoms with E-state index in [9.17, 15) is 13.2 Å². The van der Waals surface area contributed by atoms with E-state index in [4.69, 9.17) is 4.74 Å². The first-order valence-corrected chi connectivity index (χ1v) is 12.0. The Morgan fingerprint density at radius 2 is 1.77 bits per heavy atom. The lowest BCUT2D eigenvalue weighted by Gasteiger charge is -2.27. The van der Waals surface area contributed by atoms with Gasteiger partial charge in [-0.05, 0) is 38.5 Å². The van der Waals surface area contributed by atoms with E-state index < -0.39 is 10.0 Å². The zero-order valence-electron chi connectivity index (χ0n) is 18.4. The molecule has 1 N–H and O–H groups in total. The van der Waals surface area contributed by atoms with E-state index in [0.717, 1.165) is 16.9 Å². The van der Waals surface area contributed by atoms with Crippen molar-refractivity contribution < 1.29 is 17.9 Å². The number of rotatable bonds is 7. The minimum Gasteiger partial charge on any atom is -0.496 e. The van der Waals surface area contributed by atoms with Crippen molar-refractivity contribution in [2.45, 2.75) is 37.8 Å². The average Bonchev–Trinajstić information content (AvgIpc) is 3.04. The summed E-state index contributed by atoms with van der Waals surface area (Å²) in [5, 5.41) is 2.97. The summed E-state index contributed by atoms with van der Waals surface area (Å²) in [7, 11) is -1.93. The van der Waals surface area contributed by atoms with Gasteiger partial charge in [0.15, 0.2) is 0 Å². The number of amides is 1. The molecule has 0 spiro atoms. The molecule has 0 bridgehead atoms. The fourth-order valence-corrected chi connectivity index (χ4v) is 5.22. The van der Waals surface area contributed by atoms with Crippen LogP contribution in [-0.2, 0) is 21.4 Å². The highest BCUT2D eigenvalue weighted by atomic mass is 32.2. The number of sulfonamides is 1. The summed E-state index contributed by atoms with van der Waals surface area (Å²) >= 11 is 0. The van der Waals surface area contributed by atoms with Crippen molar-refractivity contribution in [2.75, 3.05) is 33.3 Å². The van der Waals surface area contributed by atoms with E-state index >= 15 is 0 Å². The van der Waals surface area contributed by atoms with Crippen molar-refractivity contribution in [3.8, 4) is 5.75 Å². The van der Waals surface area contributed by atoms with Crippen LogP contribution in [0.2, 0.25) is 0 Å². The molecule has 0 saturated carbocycles. The molecule has 0 unspecified atom stereocenters. The van der Waals surface area contributed by atoms with Crippen LogP contribution in [0.5, 0.6) is 5.75 Å². The zero-order valence-corrected chi connectivity index (χ0v) is 19.2. The summed E-state index contributed by atoms with van der Waals surface area (Å²) in [6.07, 6.45) is 0.676. The topological polar surface area (TPSA) is 79.0 Å². The fourth-order valence-electron chi connectivity index (χ4n) is 3.75. The van der Waals surface area contributed by atoms with Crippen molar-refractivity contribution in [2.24, 2.45) is 0 Å². The predicted molar refractivity (Wildman–Crippen MR) is 120 cm³/mol. The first-order chi connectivity index (χ1) is 14.8. The summed E-state index contributed by atoms with van der Waals surface area (Å²) < 4.78 is 32.9. The number of nitrogens with one attached hydrogen (secondary N) is 1. The summed E-state index contributed by atoms with van der Waals surface area (Å²) in [6, 6.07) is 14.2. The Bertz CT molecular complexity index is 992. The number of para-hydroxylation sites is 1. The van der Waals surface area contributed by atoms with Gasteiger partial charge in [-0.25, -0.2) is 8.42 Å². The van der Waals surface area contributed by atoms with Crippen molar-refractivity contribution in [3.63, 3.8) is 0 Å². The molecule has 1 aliphatic rings. The van der Waals surface area contributed by atoms with E-state index in [2.05, 4.69) is 5.32 Å². The minimum atomic E-state index is -3.53. The molecule has 0 radical (unpaired) electrons. The number of hydrogen-bond acceptors (Lipinski definition) is 5. The summed E-state index contributed by atoms with van der Waals surface area (Å²) in [6.45, 7) is 6.16. The number of nitrogens with zero attached hydrogens (tertiary/aromatic N) is 2. The van der Waals surface area contributed by atoms with E-state index in [0.29, 0.717) is 44.0 Å². The average molecular weight is 446 g/mol. The predicted octanol–water partition coefficient (Wildman–Crippen LogP) is 2.40. The molecule has 1 heterocycles. The van der Waals surface area contributed by atoms with Crippen LogP contribution >= 0.6 is 0 Å². The molecule has 2 aromatic carbocycles. The Balaban J connectivity index is 1.59. The molecule has 168 valence electrons. The van der Waals surface area contributed by atoms with Gasteiger partial charge >= 0.3 is 0 Å². The van der Waals surface area contributed by atoms with Gasteiger partial charge in [0, 0.05) is 38.3 Å². The van der Waals surface area contributed by atoms with Crippen LogP contribution < -0.4 is 10.1 Å². The van der Waals surface area contributed by atoms with Crippen LogP contribution in [0.4, 0.5) is 0 Å². The molecule has 31 heavy (non-hydrogen) atoms. The van der Waals surface area contributed by atoms with Gasteiger partial charge in [-0.2, -0.15) is 4.31 Å². The van der Waals surface area contributed by atoms with Gasteiger partial charge < -0.3 is 10.1 Å². The number of carbonyl (C=O) groups excluding carboxylic acids is 1. The lowest BCUT2D eigenvalue weighted by atomic mass is 10.2. The van der Waals surface area contributed by atoms with Gasteiger partial charge in [0.1, 0.15) is 5.75 Å². The van der Waals surface area contributed by atoms with Crippen molar-refractivity contribution in [1.82, 2.24) is 14.5 Å². The Labute approximate surface area is 185 Å². The Hall–Kier alpha value is -2.42. The monoisotopic (exact) mass is 445 g/mol. The largest absolute Gasteiger partial charge is 0.496 e. The molecular formula is C23H31N3O4S. The van der Waals surface area contributed by atoms with Crippen LogP contribution in [0.25, 0.3) is 0 Å². The highest BCUT2D eigenvalue weighted by molar-refractivity contribution is 7.89. The molecule has 7 nitrogen and oxygen atoms in total. The molecule has 1 amide bonds. The Morgan fingerprint density at radius 3 is 2.48 bits per heavy atom. The minimum absolute atomic E-state index is 0.0826. The SMILES string of the molecule is COc1ccccc1CNC(=O)[C@H](C)N1CCCN(S(=O)(=O)c2ccc(C)cc2)CC1. The number of carbonyl (C=O) groups is 1. The quantitative estimate of drug-likeness (QED) is 0.708. The number of methoxy groups -OCH3 is 1. The number of ether oxygens (including phenoxy) is 1. The maximum Gasteiger partial charge on any atom is 0.243 e. The highest BCUT2D eigenvalue weighted by Crippen LogP contribution is 2.20. The van der Waals surface area contributed by atoms with Gasteiger partial charge in [-0.1, -0.05) is 35.9 Å². The van der Waals surface area contributed by atoms with E-state index in [-0.39, 0.29) is 11.9 Å². The van der Waals surface area contributed by atoms with Gasteiger partial charge in [0.05, 0.1) is 18.0 Å². The van der Waals surface area contributed by atoms with Gasteiger partial charge in [0.25, 0.3) is 0 Å². The second-order valence-corrected chi connectivity index (χ2v) is 9.75.